The minimum Gasteiger partial charge on any atom is -0.395 e. The molecular formula is C15H15N3O2S. The molecule has 0 aliphatic carbocycles. The molecule has 0 spiro atoms. The number of hydrogen-bond acceptors (Lipinski definition) is 5. The second-order valence-corrected chi connectivity index (χ2v) is 5.35. The molecule has 108 valence electrons. The summed E-state index contributed by atoms with van der Waals surface area (Å²) in [5.41, 5.74) is 1.56. The molecule has 21 heavy (non-hydrogen) atoms. The molecule has 2 N–H and O–H groups in total. The Balaban J connectivity index is 1.92. The van der Waals surface area contributed by atoms with Crippen LogP contribution in [0.4, 0.5) is 0 Å². The highest BCUT2D eigenvalue weighted by Crippen LogP contribution is 2.15. The summed E-state index contributed by atoms with van der Waals surface area (Å²) in [6.45, 7) is 2.25. The zero-order chi connectivity index (χ0) is 15.1. The molecule has 0 aromatic carbocycles. The molecule has 0 bridgehead atoms. The maximum atomic E-state index is 12.0. The Morgan fingerprint density at radius 3 is 2.95 bits per heavy atom. The fourth-order valence-corrected chi connectivity index (χ4v) is 2.30. The van der Waals surface area contributed by atoms with Gasteiger partial charge in [-0.3, -0.25) is 14.8 Å². The molecule has 0 saturated heterocycles. The number of amides is 1. The molecule has 0 radical (unpaired) electrons. The van der Waals surface area contributed by atoms with Crippen LogP contribution in [0.5, 0.6) is 0 Å². The average Bonchev–Trinajstić information content (AvgIpc) is 2.96. The van der Waals surface area contributed by atoms with Gasteiger partial charge in [0.1, 0.15) is 0 Å². The van der Waals surface area contributed by atoms with E-state index in [0.29, 0.717) is 23.5 Å². The van der Waals surface area contributed by atoms with E-state index >= 15 is 0 Å². The lowest BCUT2D eigenvalue weighted by atomic mass is 10.3. The summed E-state index contributed by atoms with van der Waals surface area (Å²) in [5.74, 6) is 5.58. The van der Waals surface area contributed by atoms with Gasteiger partial charge in [-0.15, -0.1) is 11.3 Å². The number of aliphatic hydroxyl groups is 1. The molecule has 2 aromatic rings. The standard InChI is InChI=1S/C15H15N3O2S/c1-11-8-17-12(9-16-11)10-18-15(20)14-6-5-13(21-14)4-2-3-7-19/h5-6,8-9,19H,3,7,10H2,1H3,(H,18,20). The number of aryl methyl sites for hydroxylation is 1. The van der Waals surface area contributed by atoms with Crippen LogP contribution in [0.2, 0.25) is 0 Å². The van der Waals surface area contributed by atoms with Crippen LogP contribution >= 0.6 is 11.3 Å². The molecule has 2 rings (SSSR count). The molecule has 5 nitrogen and oxygen atoms in total. The van der Waals surface area contributed by atoms with Crippen molar-refractivity contribution in [3.8, 4) is 11.8 Å². The topological polar surface area (TPSA) is 75.1 Å². The van der Waals surface area contributed by atoms with Crippen molar-refractivity contribution in [2.24, 2.45) is 0 Å². The first-order valence-corrected chi connectivity index (χ1v) is 7.26. The number of aromatic nitrogens is 2. The van der Waals surface area contributed by atoms with Crippen molar-refractivity contribution < 1.29 is 9.90 Å². The smallest absolute Gasteiger partial charge is 0.261 e. The van der Waals surface area contributed by atoms with Crippen LogP contribution in [0, 0.1) is 18.8 Å². The fraction of sp³-hybridized carbons (Fsp3) is 0.267. The van der Waals surface area contributed by atoms with Gasteiger partial charge >= 0.3 is 0 Å². The van der Waals surface area contributed by atoms with Gasteiger partial charge in [0.15, 0.2) is 0 Å². The highest BCUT2D eigenvalue weighted by atomic mass is 32.1. The number of hydrogen-bond donors (Lipinski definition) is 2. The molecule has 0 atom stereocenters. The minimum atomic E-state index is -0.155. The number of nitrogens with one attached hydrogen (secondary N) is 1. The summed E-state index contributed by atoms with van der Waals surface area (Å²) in [4.78, 5) is 21.7. The van der Waals surface area contributed by atoms with E-state index in [0.717, 1.165) is 10.6 Å². The van der Waals surface area contributed by atoms with Gasteiger partial charge in [0, 0.05) is 12.6 Å². The van der Waals surface area contributed by atoms with E-state index in [1.54, 1.807) is 24.5 Å². The van der Waals surface area contributed by atoms with Crippen LogP contribution in [-0.2, 0) is 6.54 Å². The van der Waals surface area contributed by atoms with Gasteiger partial charge < -0.3 is 10.4 Å². The third-order valence-corrected chi connectivity index (χ3v) is 3.54. The number of thiophene rings is 1. The van der Waals surface area contributed by atoms with Gasteiger partial charge in [-0.05, 0) is 19.1 Å². The SMILES string of the molecule is Cc1cnc(CNC(=O)c2ccc(C#CCCO)s2)cn1. The first-order valence-electron chi connectivity index (χ1n) is 6.44. The van der Waals surface area contributed by atoms with Crippen molar-refractivity contribution in [3.05, 3.63) is 45.7 Å². The fourth-order valence-electron chi connectivity index (χ4n) is 1.50. The lowest BCUT2D eigenvalue weighted by molar-refractivity contribution is 0.0954. The lowest BCUT2D eigenvalue weighted by Gasteiger charge is -2.02. The van der Waals surface area contributed by atoms with Gasteiger partial charge in [0.2, 0.25) is 0 Å². The van der Waals surface area contributed by atoms with Crippen molar-refractivity contribution in [1.82, 2.24) is 15.3 Å². The first kappa shape index (κ1) is 15.2. The van der Waals surface area contributed by atoms with Crippen molar-refractivity contribution >= 4 is 17.2 Å². The summed E-state index contributed by atoms with van der Waals surface area (Å²) < 4.78 is 0. The van der Waals surface area contributed by atoms with E-state index in [1.807, 2.05) is 6.92 Å². The predicted octanol–water partition coefficient (Wildman–Crippen LogP) is 1.51. The predicted molar refractivity (Wildman–Crippen MR) is 80.8 cm³/mol. The molecule has 0 unspecified atom stereocenters. The molecule has 0 fully saturated rings. The summed E-state index contributed by atoms with van der Waals surface area (Å²) in [7, 11) is 0. The summed E-state index contributed by atoms with van der Waals surface area (Å²) >= 11 is 1.33. The normalized spacial score (nSPS) is 9.81. The second kappa shape index (κ2) is 7.53. The zero-order valence-electron chi connectivity index (χ0n) is 11.6. The molecule has 0 saturated carbocycles. The Morgan fingerprint density at radius 1 is 1.38 bits per heavy atom. The third-order valence-electron chi connectivity index (χ3n) is 2.54. The average molecular weight is 301 g/mol. The van der Waals surface area contributed by atoms with E-state index in [-0.39, 0.29) is 12.5 Å². The van der Waals surface area contributed by atoms with Crippen molar-refractivity contribution in [2.45, 2.75) is 19.9 Å². The zero-order valence-corrected chi connectivity index (χ0v) is 12.4. The van der Waals surface area contributed by atoms with Gasteiger partial charge in [-0.1, -0.05) is 11.8 Å². The van der Waals surface area contributed by atoms with Crippen LogP contribution in [-0.4, -0.2) is 27.6 Å². The van der Waals surface area contributed by atoms with Crippen LogP contribution in [0.3, 0.4) is 0 Å². The van der Waals surface area contributed by atoms with Gasteiger partial charge in [0.25, 0.3) is 5.91 Å². The number of aliphatic hydroxyl groups excluding tert-OH is 1. The lowest BCUT2D eigenvalue weighted by Crippen LogP contribution is -2.22. The monoisotopic (exact) mass is 301 g/mol. The van der Waals surface area contributed by atoms with Crippen molar-refractivity contribution in [2.75, 3.05) is 6.61 Å². The van der Waals surface area contributed by atoms with Crippen molar-refractivity contribution in [1.29, 1.82) is 0 Å². The number of carbonyl (C=O) groups excluding carboxylic acids is 1. The van der Waals surface area contributed by atoms with E-state index < -0.39 is 0 Å². The largest absolute Gasteiger partial charge is 0.395 e. The van der Waals surface area contributed by atoms with E-state index in [2.05, 4.69) is 27.1 Å². The molecule has 0 aliphatic heterocycles. The molecule has 0 aliphatic rings. The second-order valence-electron chi connectivity index (χ2n) is 4.27. The minimum absolute atomic E-state index is 0.0449. The molecule has 6 heteroatoms. The van der Waals surface area contributed by atoms with Crippen LogP contribution in [0.25, 0.3) is 0 Å². The third kappa shape index (κ3) is 4.67. The van der Waals surface area contributed by atoms with Gasteiger partial charge in [0.05, 0.1) is 40.5 Å². The molecule has 1 amide bonds. The number of nitrogens with zero attached hydrogens (tertiary/aromatic N) is 2. The van der Waals surface area contributed by atoms with Crippen LogP contribution in [0.1, 0.15) is 32.4 Å². The highest BCUT2D eigenvalue weighted by molar-refractivity contribution is 7.14. The van der Waals surface area contributed by atoms with Gasteiger partial charge in [-0.2, -0.15) is 0 Å². The van der Waals surface area contributed by atoms with Crippen LogP contribution in [0.15, 0.2) is 24.5 Å². The first-order chi connectivity index (χ1) is 10.2. The highest BCUT2D eigenvalue weighted by Gasteiger charge is 2.08. The Labute approximate surface area is 127 Å². The van der Waals surface area contributed by atoms with E-state index in [1.165, 1.54) is 11.3 Å². The Bertz CT molecular complexity index is 668. The van der Waals surface area contributed by atoms with Crippen molar-refractivity contribution in [3.63, 3.8) is 0 Å². The molecule has 2 aromatic heterocycles. The maximum absolute atomic E-state index is 12.0. The maximum Gasteiger partial charge on any atom is 0.261 e. The van der Waals surface area contributed by atoms with Gasteiger partial charge in [-0.25, -0.2) is 0 Å². The Kier molecular flexibility index (Phi) is 5.43. The van der Waals surface area contributed by atoms with E-state index in [4.69, 9.17) is 5.11 Å². The van der Waals surface area contributed by atoms with E-state index in [9.17, 15) is 4.79 Å². The summed E-state index contributed by atoms with van der Waals surface area (Å²) in [6, 6.07) is 3.54. The molecule has 2 heterocycles. The summed E-state index contributed by atoms with van der Waals surface area (Å²) in [5, 5.41) is 11.5. The molecular weight excluding hydrogens is 286 g/mol. The Hall–Kier alpha value is -2.23. The Morgan fingerprint density at radius 2 is 2.24 bits per heavy atom. The summed E-state index contributed by atoms with van der Waals surface area (Å²) in [6.07, 6.45) is 3.75. The number of carbonyl (C=O) groups is 1. The number of rotatable bonds is 4. The quantitative estimate of drug-likeness (QED) is 0.839. The van der Waals surface area contributed by atoms with Crippen LogP contribution < -0.4 is 5.32 Å².